The van der Waals surface area contributed by atoms with E-state index in [2.05, 4.69) is 15.3 Å². The minimum atomic E-state index is -0.0424. The Hall–Kier alpha value is -2.87. The van der Waals surface area contributed by atoms with E-state index in [1.807, 2.05) is 72.8 Å². The van der Waals surface area contributed by atoms with Crippen LogP contribution in [0, 0.1) is 0 Å². The largest absolute Gasteiger partial charge is 0.492 e. The molecule has 0 atom stereocenters. The highest BCUT2D eigenvalue weighted by atomic mass is 35.5. The van der Waals surface area contributed by atoms with Gasteiger partial charge in [-0.25, -0.2) is 4.98 Å². The Morgan fingerprint density at radius 2 is 1.94 bits per heavy atom. The van der Waals surface area contributed by atoms with E-state index in [4.69, 9.17) is 16.3 Å². The number of thiazole rings is 1. The maximum Gasteiger partial charge on any atom is 0.230 e. The van der Waals surface area contributed by atoms with E-state index in [1.54, 1.807) is 17.6 Å². The van der Waals surface area contributed by atoms with Gasteiger partial charge in [-0.05, 0) is 48.0 Å². The quantitative estimate of drug-likeness (QED) is 0.181. The summed E-state index contributed by atoms with van der Waals surface area (Å²) < 4.78 is 7.47. The highest BCUT2D eigenvalue weighted by Gasteiger charge is 2.08. The van der Waals surface area contributed by atoms with Crippen LogP contribution in [-0.2, 0) is 4.79 Å². The summed E-state index contributed by atoms with van der Waals surface area (Å²) in [5, 5.41) is 3.57. The van der Waals surface area contributed by atoms with Crippen molar-refractivity contribution in [1.29, 1.82) is 0 Å². The van der Waals surface area contributed by atoms with Crippen LogP contribution in [0.2, 0.25) is 5.02 Å². The monoisotopic (exact) mass is 481 g/mol. The number of carbonyl (C=O) groups excluding carboxylic acids is 1. The number of aliphatic imine (C=N–C) groups is 1. The Kier molecular flexibility index (Phi) is 7.77. The first kappa shape index (κ1) is 22.3. The Balaban J connectivity index is 1.26. The molecule has 8 heteroatoms. The van der Waals surface area contributed by atoms with Crippen molar-refractivity contribution in [1.82, 2.24) is 10.3 Å². The molecule has 1 heterocycles. The number of hydrogen-bond donors (Lipinski definition) is 1. The zero-order valence-corrected chi connectivity index (χ0v) is 19.4. The molecule has 162 valence electrons. The van der Waals surface area contributed by atoms with Gasteiger partial charge in [0.2, 0.25) is 5.91 Å². The number of hydrogen-bond acceptors (Lipinski definition) is 6. The van der Waals surface area contributed by atoms with E-state index >= 15 is 0 Å². The summed E-state index contributed by atoms with van der Waals surface area (Å²) in [4.78, 5) is 21.2. The minimum Gasteiger partial charge on any atom is -0.492 e. The van der Waals surface area contributed by atoms with Crippen LogP contribution in [0.25, 0.3) is 10.2 Å². The lowest BCUT2D eigenvalue weighted by molar-refractivity contribution is -0.118. The molecule has 1 aromatic heterocycles. The number of rotatable bonds is 9. The fraction of sp³-hybridized carbons (Fsp3) is 0.125. The molecule has 0 saturated heterocycles. The summed E-state index contributed by atoms with van der Waals surface area (Å²) in [5.41, 5.74) is 2.73. The summed E-state index contributed by atoms with van der Waals surface area (Å²) in [6.45, 7) is 0.893. The van der Waals surface area contributed by atoms with E-state index in [0.717, 1.165) is 31.6 Å². The maximum atomic E-state index is 12.1. The van der Waals surface area contributed by atoms with Gasteiger partial charge in [-0.15, -0.1) is 11.3 Å². The van der Waals surface area contributed by atoms with Gasteiger partial charge in [-0.1, -0.05) is 53.7 Å². The van der Waals surface area contributed by atoms with Gasteiger partial charge in [0, 0.05) is 11.2 Å². The van der Waals surface area contributed by atoms with Gasteiger partial charge in [0.05, 0.1) is 28.2 Å². The summed E-state index contributed by atoms with van der Waals surface area (Å²) in [5.74, 6) is 1.06. The number of nitrogens with one attached hydrogen (secondary N) is 1. The van der Waals surface area contributed by atoms with Crippen LogP contribution in [-0.4, -0.2) is 36.0 Å². The molecule has 1 N–H and O–H groups in total. The average Bonchev–Trinajstić information content (AvgIpc) is 3.23. The molecular formula is C24H20ClN3O2S2. The first-order valence-electron chi connectivity index (χ1n) is 9.93. The Bertz CT molecular complexity index is 1210. The van der Waals surface area contributed by atoms with E-state index < -0.39 is 0 Å². The minimum absolute atomic E-state index is 0.0424. The van der Waals surface area contributed by atoms with Crippen LogP contribution >= 0.6 is 34.7 Å². The molecule has 0 unspecified atom stereocenters. The van der Waals surface area contributed by atoms with Crippen LogP contribution in [0.4, 0.5) is 5.69 Å². The van der Waals surface area contributed by atoms with Crippen molar-refractivity contribution in [3.05, 3.63) is 83.4 Å². The van der Waals surface area contributed by atoms with Gasteiger partial charge >= 0.3 is 0 Å². The van der Waals surface area contributed by atoms with Crippen molar-refractivity contribution in [2.24, 2.45) is 4.99 Å². The number of benzene rings is 3. The molecule has 4 rings (SSSR count). The van der Waals surface area contributed by atoms with E-state index in [9.17, 15) is 4.79 Å². The molecule has 0 aliphatic rings. The van der Waals surface area contributed by atoms with Crippen LogP contribution in [0.1, 0.15) is 5.56 Å². The van der Waals surface area contributed by atoms with Gasteiger partial charge in [0.1, 0.15) is 12.4 Å². The average molecular weight is 482 g/mol. The summed E-state index contributed by atoms with van der Waals surface area (Å²) in [6.07, 6.45) is 1.81. The van der Waals surface area contributed by atoms with Crippen molar-refractivity contribution in [2.45, 2.75) is 4.34 Å². The molecule has 0 fully saturated rings. The number of nitrogens with zero attached hydrogens (tertiary/aromatic N) is 2. The molecule has 0 radical (unpaired) electrons. The van der Waals surface area contributed by atoms with Crippen LogP contribution in [0.3, 0.4) is 0 Å². The molecule has 4 aromatic rings. The lowest BCUT2D eigenvalue weighted by atomic mass is 10.2. The van der Waals surface area contributed by atoms with Gasteiger partial charge in [-0.2, -0.15) is 0 Å². The number of halogens is 1. The summed E-state index contributed by atoms with van der Waals surface area (Å²) in [7, 11) is 0. The third-order valence-electron chi connectivity index (χ3n) is 4.35. The molecule has 1 amide bonds. The number of thioether (sulfide) groups is 1. The second-order valence-corrected chi connectivity index (χ2v) is 9.43. The third-order valence-corrected chi connectivity index (χ3v) is 6.76. The van der Waals surface area contributed by atoms with E-state index in [0.29, 0.717) is 23.9 Å². The van der Waals surface area contributed by atoms with E-state index in [-0.39, 0.29) is 5.91 Å². The van der Waals surface area contributed by atoms with Crippen molar-refractivity contribution in [3.63, 3.8) is 0 Å². The normalized spacial score (nSPS) is 11.2. The van der Waals surface area contributed by atoms with Crippen molar-refractivity contribution >= 4 is 62.7 Å². The predicted molar refractivity (Wildman–Crippen MR) is 134 cm³/mol. The SMILES string of the molecule is O=C(CSc1nc2ccc(N=Cc3ccc(Cl)cc3)cc2s1)NCCOc1ccccc1. The highest BCUT2D eigenvalue weighted by Crippen LogP contribution is 2.31. The summed E-state index contributed by atoms with van der Waals surface area (Å²) >= 11 is 8.90. The summed E-state index contributed by atoms with van der Waals surface area (Å²) in [6, 6.07) is 22.9. The Morgan fingerprint density at radius 1 is 1.12 bits per heavy atom. The second kappa shape index (κ2) is 11.1. The number of aromatic nitrogens is 1. The molecular weight excluding hydrogens is 462 g/mol. The lowest BCUT2D eigenvalue weighted by Gasteiger charge is -2.07. The number of ether oxygens (including phenoxy) is 1. The maximum absolute atomic E-state index is 12.1. The lowest BCUT2D eigenvalue weighted by Crippen LogP contribution is -2.29. The predicted octanol–water partition coefficient (Wildman–Crippen LogP) is 5.99. The zero-order chi connectivity index (χ0) is 22.2. The van der Waals surface area contributed by atoms with Crippen LogP contribution < -0.4 is 10.1 Å². The van der Waals surface area contributed by atoms with Gasteiger partial charge < -0.3 is 10.1 Å². The first-order chi connectivity index (χ1) is 15.7. The van der Waals surface area contributed by atoms with Gasteiger partial charge in [0.15, 0.2) is 4.34 Å². The molecule has 0 aliphatic carbocycles. The molecule has 0 bridgehead atoms. The van der Waals surface area contributed by atoms with Crippen molar-refractivity contribution < 1.29 is 9.53 Å². The molecule has 3 aromatic carbocycles. The number of carbonyl (C=O) groups is 1. The molecule has 0 spiro atoms. The first-order valence-corrected chi connectivity index (χ1v) is 12.1. The second-order valence-electron chi connectivity index (χ2n) is 6.74. The Labute approximate surface area is 199 Å². The van der Waals surface area contributed by atoms with Crippen LogP contribution in [0.15, 0.2) is 82.1 Å². The molecule has 5 nitrogen and oxygen atoms in total. The van der Waals surface area contributed by atoms with Crippen LogP contribution in [0.5, 0.6) is 5.75 Å². The molecule has 32 heavy (non-hydrogen) atoms. The zero-order valence-electron chi connectivity index (χ0n) is 17.0. The topological polar surface area (TPSA) is 63.6 Å². The number of fused-ring (bicyclic) bond motifs is 1. The molecule has 0 saturated carbocycles. The number of amides is 1. The van der Waals surface area contributed by atoms with Crippen molar-refractivity contribution in [3.8, 4) is 5.75 Å². The Morgan fingerprint density at radius 3 is 2.75 bits per heavy atom. The van der Waals surface area contributed by atoms with Gasteiger partial charge in [0.25, 0.3) is 0 Å². The standard InChI is InChI=1S/C24H20ClN3O2S2/c25-18-8-6-17(7-9-18)15-27-19-10-11-21-22(14-19)32-24(28-21)31-16-23(29)26-12-13-30-20-4-2-1-3-5-20/h1-11,14-15H,12-13,16H2,(H,26,29). The van der Waals surface area contributed by atoms with Gasteiger partial charge in [-0.3, -0.25) is 9.79 Å². The molecule has 0 aliphatic heterocycles. The van der Waals surface area contributed by atoms with E-state index in [1.165, 1.54) is 11.8 Å². The fourth-order valence-corrected chi connectivity index (χ4v) is 4.84. The third kappa shape index (κ3) is 6.56. The highest BCUT2D eigenvalue weighted by molar-refractivity contribution is 8.01. The fourth-order valence-electron chi connectivity index (χ4n) is 2.79. The van der Waals surface area contributed by atoms with Crippen molar-refractivity contribution in [2.75, 3.05) is 18.9 Å². The number of para-hydroxylation sites is 1. The smallest absolute Gasteiger partial charge is 0.230 e.